The van der Waals surface area contributed by atoms with Gasteiger partial charge in [0.25, 0.3) is 0 Å². The summed E-state index contributed by atoms with van der Waals surface area (Å²) in [5.74, 6) is 0. The number of nitrogen functional groups attached to an aromatic ring is 1. The molecule has 2 heterocycles. The molecule has 5 nitrogen and oxygen atoms in total. The normalized spacial score (nSPS) is 21.3. The topological polar surface area (TPSA) is 63.4 Å². The van der Waals surface area contributed by atoms with E-state index in [0.717, 1.165) is 50.5 Å². The molecule has 5 heteroatoms. The van der Waals surface area contributed by atoms with E-state index in [4.69, 9.17) is 10.5 Å². The molecule has 1 aromatic heterocycles. The molecular weight excluding hydrogens is 264 g/mol. The molecule has 2 rings (SSSR count). The SMILES string of the molecule is CCCN1CCOC(C(Cc2cnccc2N)NCC)C1. The van der Waals surface area contributed by atoms with Crippen LogP contribution in [-0.2, 0) is 11.2 Å². The molecule has 118 valence electrons. The van der Waals surface area contributed by atoms with Gasteiger partial charge in [0.05, 0.1) is 12.7 Å². The fraction of sp³-hybridized carbons (Fsp3) is 0.688. The molecular formula is C16H28N4O. The molecule has 1 aliphatic rings. The Morgan fingerprint density at radius 3 is 3.10 bits per heavy atom. The lowest BCUT2D eigenvalue weighted by Crippen LogP contribution is -2.53. The van der Waals surface area contributed by atoms with Gasteiger partial charge in [-0.1, -0.05) is 13.8 Å². The van der Waals surface area contributed by atoms with Crippen LogP contribution in [0.25, 0.3) is 0 Å². The third-order valence-corrected chi connectivity index (χ3v) is 4.01. The van der Waals surface area contributed by atoms with Gasteiger partial charge in [-0.05, 0) is 37.6 Å². The fourth-order valence-corrected chi connectivity index (χ4v) is 2.94. The Morgan fingerprint density at radius 1 is 1.52 bits per heavy atom. The number of rotatable bonds is 7. The van der Waals surface area contributed by atoms with E-state index in [0.29, 0.717) is 0 Å². The zero-order valence-corrected chi connectivity index (χ0v) is 13.2. The molecule has 0 aromatic carbocycles. The highest BCUT2D eigenvalue weighted by atomic mass is 16.5. The van der Waals surface area contributed by atoms with E-state index in [2.05, 4.69) is 29.0 Å². The van der Waals surface area contributed by atoms with Crippen molar-refractivity contribution in [2.45, 2.75) is 38.8 Å². The van der Waals surface area contributed by atoms with Crippen molar-refractivity contribution in [3.63, 3.8) is 0 Å². The number of anilines is 1. The van der Waals surface area contributed by atoms with E-state index in [9.17, 15) is 0 Å². The van der Waals surface area contributed by atoms with Crippen LogP contribution in [0.5, 0.6) is 0 Å². The summed E-state index contributed by atoms with van der Waals surface area (Å²) in [5.41, 5.74) is 7.96. The lowest BCUT2D eigenvalue weighted by Gasteiger charge is -2.37. The van der Waals surface area contributed by atoms with Crippen molar-refractivity contribution in [2.75, 3.05) is 38.5 Å². The van der Waals surface area contributed by atoms with Crippen LogP contribution in [0.15, 0.2) is 18.5 Å². The first-order valence-corrected chi connectivity index (χ1v) is 8.00. The molecule has 0 spiro atoms. The molecule has 21 heavy (non-hydrogen) atoms. The van der Waals surface area contributed by atoms with E-state index in [1.54, 1.807) is 6.20 Å². The monoisotopic (exact) mass is 292 g/mol. The van der Waals surface area contributed by atoms with Crippen LogP contribution < -0.4 is 11.1 Å². The molecule has 0 radical (unpaired) electrons. The molecule has 1 saturated heterocycles. The van der Waals surface area contributed by atoms with Gasteiger partial charge in [-0.3, -0.25) is 9.88 Å². The van der Waals surface area contributed by atoms with E-state index in [1.165, 1.54) is 6.42 Å². The summed E-state index contributed by atoms with van der Waals surface area (Å²) in [4.78, 5) is 6.68. The van der Waals surface area contributed by atoms with E-state index in [1.807, 2.05) is 12.3 Å². The predicted molar refractivity (Wildman–Crippen MR) is 86.3 cm³/mol. The van der Waals surface area contributed by atoms with Gasteiger partial charge in [-0.2, -0.15) is 0 Å². The Bertz CT molecular complexity index is 424. The second kappa shape index (κ2) is 8.32. The second-order valence-corrected chi connectivity index (χ2v) is 5.65. The summed E-state index contributed by atoms with van der Waals surface area (Å²) < 4.78 is 6.02. The standard InChI is InChI=1S/C16H28N4O/c1-3-7-20-8-9-21-16(12-20)15(19-4-2)10-13-11-18-6-5-14(13)17/h5-6,11,15-16,19H,3-4,7-10,12H2,1-2H3,(H2,17,18). The number of aromatic nitrogens is 1. The largest absolute Gasteiger partial charge is 0.398 e. The van der Waals surface area contributed by atoms with Crippen LogP contribution in [0, 0.1) is 0 Å². The van der Waals surface area contributed by atoms with Crippen LogP contribution in [-0.4, -0.2) is 54.8 Å². The number of nitrogens with one attached hydrogen (secondary N) is 1. The molecule has 1 aliphatic heterocycles. The van der Waals surface area contributed by atoms with Crippen LogP contribution in [0.2, 0.25) is 0 Å². The number of nitrogens with zero attached hydrogens (tertiary/aromatic N) is 2. The van der Waals surface area contributed by atoms with Crippen molar-refractivity contribution >= 4 is 5.69 Å². The zero-order chi connectivity index (χ0) is 15.1. The van der Waals surface area contributed by atoms with Gasteiger partial charge < -0.3 is 15.8 Å². The number of nitrogens with two attached hydrogens (primary N) is 1. The van der Waals surface area contributed by atoms with Crippen molar-refractivity contribution in [3.8, 4) is 0 Å². The van der Waals surface area contributed by atoms with Gasteiger partial charge in [-0.25, -0.2) is 0 Å². The third kappa shape index (κ3) is 4.66. The molecule has 0 bridgehead atoms. The Kier molecular flexibility index (Phi) is 6.42. The fourth-order valence-electron chi connectivity index (χ4n) is 2.94. The van der Waals surface area contributed by atoms with Gasteiger partial charge in [0.2, 0.25) is 0 Å². The maximum absolute atomic E-state index is 6.05. The maximum atomic E-state index is 6.05. The van der Waals surface area contributed by atoms with Gasteiger partial charge in [-0.15, -0.1) is 0 Å². The van der Waals surface area contributed by atoms with Crippen LogP contribution in [0.3, 0.4) is 0 Å². The zero-order valence-electron chi connectivity index (χ0n) is 13.2. The van der Waals surface area contributed by atoms with E-state index < -0.39 is 0 Å². The van der Waals surface area contributed by atoms with Crippen LogP contribution >= 0.6 is 0 Å². The lowest BCUT2D eigenvalue weighted by molar-refractivity contribution is -0.0459. The minimum atomic E-state index is 0.213. The smallest absolute Gasteiger partial charge is 0.0858 e. The maximum Gasteiger partial charge on any atom is 0.0858 e. The lowest BCUT2D eigenvalue weighted by atomic mass is 10.00. The van der Waals surface area contributed by atoms with E-state index in [-0.39, 0.29) is 12.1 Å². The summed E-state index contributed by atoms with van der Waals surface area (Å²) in [6.07, 6.45) is 5.87. The number of likely N-dealkylation sites (N-methyl/N-ethyl adjacent to an activating group) is 1. The molecule has 2 unspecified atom stereocenters. The first kappa shape index (κ1) is 16.2. The summed E-state index contributed by atoms with van der Waals surface area (Å²) in [7, 11) is 0. The minimum absolute atomic E-state index is 0.213. The quantitative estimate of drug-likeness (QED) is 0.793. The average Bonchev–Trinajstić information content (AvgIpc) is 2.49. The predicted octanol–water partition coefficient (Wildman–Crippen LogP) is 1.30. The highest BCUT2D eigenvalue weighted by molar-refractivity contribution is 5.44. The third-order valence-electron chi connectivity index (χ3n) is 4.01. The number of hydrogen-bond acceptors (Lipinski definition) is 5. The van der Waals surface area contributed by atoms with Crippen molar-refractivity contribution in [1.29, 1.82) is 0 Å². The number of hydrogen-bond donors (Lipinski definition) is 2. The summed E-state index contributed by atoms with van der Waals surface area (Å²) in [5, 5.41) is 3.56. The van der Waals surface area contributed by atoms with Gasteiger partial charge >= 0.3 is 0 Å². The van der Waals surface area contributed by atoms with Crippen LogP contribution in [0.4, 0.5) is 5.69 Å². The molecule has 1 fully saturated rings. The van der Waals surface area contributed by atoms with Crippen molar-refractivity contribution in [1.82, 2.24) is 15.2 Å². The van der Waals surface area contributed by atoms with Crippen molar-refractivity contribution in [2.24, 2.45) is 0 Å². The Labute approximate surface area is 127 Å². The number of ether oxygens (including phenoxy) is 1. The molecule has 3 N–H and O–H groups in total. The molecule has 1 aromatic rings. The summed E-state index contributed by atoms with van der Waals surface area (Å²) in [6, 6.07) is 2.14. The minimum Gasteiger partial charge on any atom is -0.398 e. The highest BCUT2D eigenvalue weighted by Crippen LogP contribution is 2.17. The van der Waals surface area contributed by atoms with Crippen molar-refractivity contribution in [3.05, 3.63) is 24.0 Å². The molecule has 2 atom stereocenters. The van der Waals surface area contributed by atoms with E-state index >= 15 is 0 Å². The summed E-state index contributed by atoms with van der Waals surface area (Å²) >= 11 is 0. The number of morpholine rings is 1. The summed E-state index contributed by atoms with van der Waals surface area (Å²) in [6.45, 7) is 9.28. The Balaban J connectivity index is 2.02. The van der Waals surface area contributed by atoms with Gasteiger partial charge in [0, 0.05) is 37.2 Å². The highest BCUT2D eigenvalue weighted by Gasteiger charge is 2.27. The molecule has 0 aliphatic carbocycles. The van der Waals surface area contributed by atoms with Crippen molar-refractivity contribution < 1.29 is 4.74 Å². The molecule has 0 amide bonds. The Morgan fingerprint density at radius 2 is 2.38 bits per heavy atom. The van der Waals surface area contributed by atoms with Gasteiger partial charge in [0.15, 0.2) is 0 Å². The van der Waals surface area contributed by atoms with Crippen LogP contribution in [0.1, 0.15) is 25.8 Å². The molecule has 0 saturated carbocycles. The van der Waals surface area contributed by atoms with Gasteiger partial charge in [0.1, 0.15) is 0 Å². The first-order chi connectivity index (χ1) is 10.2. The average molecular weight is 292 g/mol. The second-order valence-electron chi connectivity index (χ2n) is 5.65. The number of pyridine rings is 1. The Hall–Kier alpha value is -1.17. The first-order valence-electron chi connectivity index (χ1n) is 8.00.